The molecule has 1 saturated heterocycles. The van der Waals surface area contributed by atoms with Gasteiger partial charge in [0, 0.05) is 25.6 Å². The second kappa shape index (κ2) is 9.88. The van der Waals surface area contributed by atoms with E-state index in [-0.39, 0.29) is 23.7 Å². The van der Waals surface area contributed by atoms with E-state index >= 15 is 0 Å². The summed E-state index contributed by atoms with van der Waals surface area (Å²) in [5, 5.41) is 3.46. The van der Waals surface area contributed by atoms with Crippen molar-refractivity contribution in [3.8, 4) is 5.75 Å². The summed E-state index contributed by atoms with van der Waals surface area (Å²) in [5.41, 5.74) is 2.48. The molecule has 0 aromatic heterocycles. The molecule has 0 spiro atoms. The highest BCUT2D eigenvalue weighted by atomic mass is 35.5. The van der Waals surface area contributed by atoms with Crippen LogP contribution in [0.15, 0.2) is 78.9 Å². The molecule has 3 aromatic carbocycles. The van der Waals surface area contributed by atoms with E-state index in [1.807, 2.05) is 54.6 Å². The quantitative estimate of drug-likeness (QED) is 0.603. The Balaban J connectivity index is 1.56. The van der Waals surface area contributed by atoms with Gasteiger partial charge in [0.05, 0.1) is 23.6 Å². The largest absolute Gasteiger partial charge is 0.497 e. The summed E-state index contributed by atoms with van der Waals surface area (Å²) in [6, 6.07) is 24.5. The lowest BCUT2D eigenvalue weighted by molar-refractivity contribution is -0.125. The van der Waals surface area contributed by atoms with Crippen molar-refractivity contribution in [2.45, 2.75) is 12.5 Å². The summed E-state index contributed by atoms with van der Waals surface area (Å²) in [6.45, 7) is 1.23. The van der Waals surface area contributed by atoms with Gasteiger partial charge in [-0.05, 0) is 35.4 Å². The van der Waals surface area contributed by atoms with Crippen LogP contribution < -0.4 is 10.1 Å². The molecule has 0 saturated carbocycles. The first-order valence-corrected chi connectivity index (χ1v) is 10.9. The molecule has 5 nitrogen and oxygen atoms in total. The third-order valence-electron chi connectivity index (χ3n) is 5.90. The molecule has 1 fully saturated rings. The van der Waals surface area contributed by atoms with Crippen LogP contribution in [0.2, 0.25) is 5.02 Å². The van der Waals surface area contributed by atoms with Gasteiger partial charge in [0.2, 0.25) is 5.91 Å². The average Bonchev–Trinajstić information content (AvgIpc) is 3.29. The zero-order chi connectivity index (χ0) is 22.5. The van der Waals surface area contributed by atoms with Crippen LogP contribution in [0.1, 0.15) is 27.4 Å². The molecule has 164 valence electrons. The number of carbonyl (C=O) groups is 2. The SMILES string of the molecule is COc1ccc([C@@H]2CN(C(=O)c3ccccc3Cl)C[C@@H]2C(=O)NCc2ccccc2)cc1. The number of nitrogens with one attached hydrogen (secondary N) is 1. The lowest BCUT2D eigenvalue weighted by atomic mass is 9.88. The number of carbonyl (C=O) groups excluding carboxylic acids is 2. The van der Waals surface area contributed by atoms with E-state index < -0.39 is 0 Å². The molecule has 6 heteroatoms. The molecule has 0 radical (unpaired) electrons. The summed E-state index contributed by atoms with van der Waals surface area (Å²) in [7, 11) is 1.62. The van der Waals surface area contributed by atoms with Crippen molar-refractivity contribution in [2.24, 2.45) is 5.92 Å². The zero-order valence-electron chi connectivity index (χ0n) is 17.8. The van der Waals surface area contributed by atoms with Crippen molar-refractivity contribution >= 4 is 23.4 Å². The molecule has 32 heavy (non-hydrogen) atoms. The van der Waals surface area contributed by atoms with Gasteiger partial charge in [-0.25, -0.2) is 0 Å². The molecule has 1 N–H and O–H groups in total. The van der Waals surface area contributed by atoms with Crippen molar-refractivity contribution in [3.05, 3.63) is 101 Å². The molecule has 2 amide bonds. The maximum absolute atomic E-state index is 13.2. The minimum absolute atomic E-state index is 0.0656. The van der Waals surface area contributed by atoms with Crippen molar-refractivity contribution in [1.29, 1.82) is 0 Å². The fourth-order valence-corrected chi connectivity index (χ4v) is 4.36. The monoisotopic (exact) mass is 448 g/mol. The molecule has 1 aliphatic rings. The summed E-state index contributed by atoms with van der Waals surface area (Å²) < 4.78 is 5.27. The third kappa shape index (κ3) is 4.78. The first kappa shape index (κ1) is 21.9. The Morgan fingerprint density at radius 1 is 0.969 bits per heavy atom. The summed E-state index contributed by atoms with van der Waals surface area (Å²) in [6.07, 6.45) is 0. The number of likely N-dealkylation sites (tertiary alicyclic amines) is 1. The van der Waals surface area contributed by atoms with Crippen molar-refractivity contribution < 1.29 is 14.3 Å². The summed E-state index contributed by atoms with van der Waals surface area (Å²) >= 11 is 6.26. The zero-order valence-corrected chi connectivity index (χ0v) is 18.6. The Kier molecular flexibility index (Phi) is 6.76. The number of rotatable bonds is 6. The Morgan fingerprint density at radius 3 is 2.34 bits per heavy atom. The van der Waals surface area contributed by atoms with Crippen molar-refractivity contribution in [2.75, 3.05) is 20.2 Å². The lowest BCUT2D eigenvalue weighted by Crippen LogP contribution is -2.35. The number of amides is 2. The van der Waals surface area contributed by atoms with Gasteiger partial charge in [-0.2, -0.15) is 0 Å². The number of hydrogen-bond acceptors (Lipinski definition) is 3. The van der Waals surface area contributed by atoms with Gasteiger partial charge in [-0.3, -0.25) is 9.59 Å². The van der Waals surface area contributed by atoms with E-state index in [2.05, 4.69) is 5.32 Å². The summed E-state index contributed by atoms with van der Waals surface area (Å²) in [4.78, 5) is 28.1. The standard InChI is InChI=1S/C26H25ClN2O3/c1-32-20-13-11-19(12-14-20)22-16-29(26(31)21-9-5-6-10-24(21)27)17-23(22)25(30)28-15-18-7-3-2-4-8-18/h2-14,22-23H,15-17H2,1H3,(H,28,30)/t22-,23-/m0/s1. The van der Waals surface area contributed by atoms with Crippen molar-refractivity contribution in [3.63, 3.8) is 0 Å². The van der Waals surface area contributed by atoms with Gasteiger partial charge in [0.15, 0.2) is 0 Å². The van der Waals surface area contributed by atoms with Crippen molar-refractivity contribution in [1.82, 2.24) is 10.2 Å². The van der Waals surface area contributed by atoms with Crippen LogP contribution in [-0.4, -0.2) is 36.9 Å². The highest BCUT2D eigenvalue weighted by molar-refractivity contribution is 6.33. The normalized spacial score (nSPS) is 17.8. The highest BCUT2D eigenvalue weighted by Crippen LogP contribution is 2.35. The molecule has 1 aliphatic heterocycles. The van der Waals surface area contributed by atoms with Gasteiger partial charge in [0.1, 0.15) is 5.75 Å². The van der Waals surface area contributed by atoms with Crippen LogP contribution in [0.5, 0.6) is 5.75 Å². The molecule has 1 heterocycles. The molecular formula is C26H25ClN2O3. The maximum atomic E-state index is 13.2. The Bertz CT molecular complexity index is 1090. The molecule has 4 rings (SSSR count). The average molecular weight is 449 g/mol. The number of nitrogens with zero attached hydrogens (tertiary/aromatic N) is 1. The summed E-state index contributed by atoms with van der Waals surface area (Å²) in [5.74, 6) is 0.0408. The number of methoxy groups -OCH3 is 1. The molecule has 2 atom stereocenters. The fourth-order valence-electron chi connectivity index (χ4n) is 4.15. The fraction of sp³-hybridized carbons (Fsp3) is 0.231. The minimum Gasteiger partial charge on any atom is -0.497 e. The lowest BCUT2D eigenvalue weighted by Gasteiger charge is -2.18. The number of halogens is 1. The predicted octanol–water partition coefficient (Wildman–Crippen LogP) is 4.52. The second-order valence-electron chi connectivity index (χ2n) is 7.88. The first-order chi connectivity index (χ1) is 15.6. The maximum Gasteiger partial charge on any atom is 0.255 e. The van der Waals surface area contributed by atoms with E-state index in [4.69, 9.17) is 16.3 Å². The van der Waals surface area contributed by atoms with E-state index in [0.29, 0.717) is 30.2 Å². The Hall–Kier alpha value is -3.31. The van der Waals surface area contributed by atoms with E-state index in [0.717, 1.165) is 16.9 Å². The van der Waals surface area contributed by atoms with E-state index in [1.165, 1.54) is 0 Å². The molecule has 0 unspecified atom stereocenters. The van der Waals surface area contributed by atoms with E-state index in [1.54, 1.807) is 36.3 Å². The number of ether oxygens (including phenoxy) is 1. The Labute approximate surface area is 193 Å². The highest BCUT2D eigenvalue weighted by Gasteiger charge is 2.40. The molecular weight excluding hydrogens is 424 g/mol. The second-order valence-corrected chi connectivity index (χ2v) is 8.29. The number of hydrogen-bond donors (Lipinski definition) is 1. The van der Waals surface area contributed by atoms with E-state index in [9.17, 15) is 9.59 Å². The topological polar surface area (TPSA) is 58.6 Å². The van der Waals surface area contributed by atoms with Gasteiger partial charge in [-0.15, -0.1) is 0 Å². The predicted molar refractivity (Wildman–Crippen MR) is 125 cm³/mol. The van der Waals surface area contributed by atoms with Crippen LogP contribution in [0.3, 0.4) is 0 Å². The van der Waals surface area contributed by atoms with Crippen LogP contribution in [0.25, 0.3) is 0 Å². The van der Waals surface area contributed by atoms with Crippen LogP contribution in [-0.2, 0) is 11.3 Å². The number of benzene rings is 3. The molecule has 0 aliphatic carbocycles. The van der Waals surface area contributed by atoms with Gasteiger partial charge < -0.3 is 15.0 Å². The Morgan fingerprint density at radius 2 is 1.66 bits per heavy atom. The molecule has 0 bridgehead atoms. The van der Waals surface area contributed by atoms with Crippen LogP contribution in [0, 0.1) is 5.92 Å². The smallest absolute Gasteiger partial charge is 0.255 e. The third-order valence-corrected chi connectivity index (χ3v) is 6.23. The molecule has 3 aromatic rings. The van der Waals surface area contributed by atoms with Gasteiger partial charge >= 0.3 is 0 Å². The first-order valence-electron chi connectivity index (χ1n) is 10.6. The minimum atomic E-state index is -0.362. The van der Waals surface area contributed by atoms with Gasteiger partial charge in [0.25, 0.3) is 5.91 Å². The van der Waals surface area contributed by atoms with Crippen LogP contribution >= 0.6 is 11.6 Å². The van der Waals surface area contributed by atoms with Crippen LogP contribution in [0.4, 0.5) is 0 Å². The van der Waals surface area contributed by atoms with Gasteiger partial charge in [-0.1, -0.05) is 66.2 Å².